The highest BCUT2D eigenvalue weighted by Crippen LogP contribution is 2.25. The smallest absolute Gasteiger partial charge is 0.161 e. The molecule has 0 amide bonds. The van der Waals surface area contributed by atoms with Gasteiger partial charge in [-0.05, 0) is 36.8 Å². The summed E-state index contributed by atoms with van der Waals surface area (Å²) in [5.41, 5.74) is 7.49. The van der Waals surface area contributed by atoms with Gasteiger partial charge in [0.05, 0.1) is 6.61 Å². The maximum atomic E-state index is 11.3. The summed E-state index contributed by atoms with van der Waals surface area (Å²) in [6.45, 7) is 1.47. The molecule has 4 heteroatoms. The molecule has 0 radical (unpaired) electrons. The molecule has 4 nitrogen and oxygen atoms in total. The van der Waals surface area contributed by atoms with Gasteiger partial charge in [-0.25, -0.2) is 0 Å². The van der Waals surface area contributed by atoms with Crippen LogP contribution in [0.3, 0.4) is 0 Å². The van der Waals surface area contributed by atoms with E-state index in [0.717, 1.165) is 5.56 Å². The van der Waals surface area contributed by atoms with Crippen molar-refractivity contribution in [1.29, 1.82) is 0 Å². The molecule has 0 aliphatic heterocycles. The van der Waals surface area contributed by atoms with Gasteiger partial charge in [0.1, 0.15) is 11.5 Å². The number of hydrogen-bond donors (Lipinski definition) is 2. The van der Waals surface area contributed by atoms with E-state index in [1.54, 1.807) is 42.5 Å². The van der Waals surface area contributed by atoms with E-state index in [1.807, 2.05) is 0 Å². The first-order valence-corrected chi connectivity index (χ1v) is 5.88. The molecule has 0 saturated heterocycles. The molecule has 19 heavy (non-hydrogen) atoms. The monoisotopic (exact) mass is 257 g/mol. The second-order valence-electron chi connectivity index (χ2n) is 4.21. The number of Topliss-reactive ketones (excluding diaryl/α,β-unsaturated/α-hetero) is 1. The lowest BCUT2D eigenvalue weighted by molar-refractivity contribution is 0.101. The van der Waals surface area contributed by atoms with Crippen molar-refractivity contribution >= 4 is 11.5 Å². The summed E-state index contributed by atoms with van der Waals surface area (Å²) >= 11 is 0. The van der Waals surface area contributed by atoms with Gasteiger partial charge >= 0.3 is 0 Å². The van der Waals surface area contributed by atoms with Crippen LogP contribution in [-0.4, -0.2) is 10.9 Å². The van der Waals surface area contributed by atoms with E-state index in [4.69, 9.17) is 15.6 Å². The number of aliphatic hydroxyl groups excluding tert-OH is 1. The van der Waals surface area contributed by atoms with E-state index >= 15 is 0 Å². The van der Waals surface area contributed by atoms with Crippen LogP contribution in [0.1, 0.15) is 22.8 Å². The largest absolute Gasteiger partial charge is 0.457 e. The van der Waals surface area contributed by atoms with E-state index in [1.165, 1.54) is 6.92 Å². The Balaban J connectivity index is 2.18. The minimum atomic E-state index is -0.0728. The molecule has 0 fully saturated rings. The first kappa shape index (κ1) is 13.1. The fraction of sp³-hybridized carbons (Fsp3) is 0.133. The number of carbonyl (C=O) groups is 1. The minimum Gasteiger partial charge on any atom is -0.457 e. The number of aliphatic hydroxyl groups is 1. The Kier molecular flexibility index (Phi) is 3.82. The van der Waals surface area contributed by atoms with Crippen molar-refractivity contribution in [2.75, 3.05) is 5.73 Å². The van der Waals surface area contributed by atoms with Gasteiger partial charge in [0.2, 0.25) is 0 Å². The lowest BCUT2D eigenvalue weighted by atomic mass is 10.1. The summed E-state index contributed by atoms with van der Waals surface area (Å²) < 4.78 is 5.62. The van der Waals surface area contributed by atoms with Crippen LogP contribution >= 0.6 is 0 Å². The van der Waals surface area contributed by atoms with Gasteiger partial charge in [0.25, 0.3) is 0 Å². The van der Waals surface area contributed by atoms with Crippen molar-refractivity contribution in [1.82, 2.24) is 0 Å². The van der Waals surface area contributed by atoms with E-state index in [2.05, 4.69) is 0 Å². The van der Waals surface area contributed by atoms with Crippen LogP contribution in [0.25, 0.3) is 0 Å². The summed E-state index contributed by atoms with van der Waals surface area (Å²) in [5, 5.41) is 8.95. The fourth-order valence-electron chi connectivity index (χ4n) is 1.72. The van der Waals surface area contributed by atoms with Gasteiger partial charge in [-0.3, -0.25) is 4.79 Å². The van der Waals surface area contributed by atoms with E-state index < -0.39 is 0 Å². The van der Waals surface area contributed by atoms with E-state index in [-0.39, 0.29) is 12.4 Å². The van der Waals surface area contributed by atoms with Crippen LogP contribution in [0.15, 0.2) is 42.5 Å². The van der Waals surface area contributed by atoms with Crippen LogP contribution in [-0.2, 0) is 6.61 Å². The van der Waals surface area contributed by atoms with Crippen LogP contribution in [0.2, 0.25) is 0 Å². The highest BCUT2D eigenvalue weighted by molar-refractivity contribution is 5.99. The average molecular weight is 257 g/mol. The Hall–Kier alpha value is -2.33. The SMILES string of the molecule is CC(=O)c1ccc(Oc2ccc(CO)cc2)cc1N. The van der Waals surface area contributed by atoms with Crippen LogP contribution in [0.5, 0.6) is 11.5 Å². The Morgan fingerprint density at radius 3 is 2.32 bits per heavy atom. The molecule has 98 valence electrons. The molecule has 2 rings (SSSR count). The average Bonchev–Trinajstić information content (AvgIpc) is 2.39. The maximum absolute atomic E-state index is 11.3. The van der Waals surface area contributed by atoms with Gasteiger partial charge in [-0.1, -0.05) is 12.1 Å². The Bertz CT molecular complexity index is 591. The third-order valence-corrected chi connectivity index (χ3v) is 2.74. The summed E-state index contributed by atoms with van der Waals surface area (Å²) in [7, 11) is 0. The number of rotatable bonds is 4. The normalized spacial score (nSPS) is 10.2. The van der Waals surface area contributed by atoms with Gasteiger partial charge in [-0.2, -0.15) is 0 Å². The van der Waals surface area contributed by atoms with Crippen molar-refractivity contribution in [3.05, 3.63) is 53.6 Å². The van der Waals surface area contributed by atoms with Crippen LogP contribution < -0.4 is 10.5 Å². The predicted octanol–water partition coefficient (Wildman–Crippen LogP) is 2.76. The molecular weight excluding hydrogens is 242 g/mol. The Labute approximate surface area is 111 Å². The maximum Gasteiger partial charge on any atom is 0.161 e. The van der Waals surface area contributed by atoms with Crippen molar-refractivity contribution < 1.29 is 14.6 Å². The quantitative estimate of drug-likeness (QED) is 0.652. The van der Waals surface area contributed by atoms with E-state index in [0.29, 0.717) is 22.7 Å². The Morgan fingerprint density at radius 2 is 1.79 bits per heavy atom. The predicted molar refractivity (Wildman–Crippen MR) is 73.3 cm³/mol. The molecule has 0 aromatic heterocycles. The third-order valence-electron chi connectivity index (χ3n) is 2.74. The van der Waals surface area contributed by atoms with Crippen molar-refractivity contribution in [3.63, 3.8) is 0 Å². The minimum absolute atomic E-state index is 0.000532. The molecule has 0 aliphatic rings. The number of hydrogen-bond acceptors (Lipinski definition) is 4. The lowest BCUT2D eigenvalue weighted by Gasteiger charge is -2.08. The van der Waals surface area contributed by atoms with Crippen LogP contribution in [0.4, 0.5) is 5.69 Å². The van der Waals surface area contributed by atoms with Gasteiger partial charge < -0.3 is 15.6 Å². The summed E-state index contributed by atoms with van der Waals surface area (Å²) in [6, 6.07) is 12.1. The second kappa shape index (κ2) is 5.54. The van der Waals surface area contributed by atoms with Crippen molar-refractivity contribution in [2.24, 2.45) is 0 Å². The molecule has 0 bridgehead atoms. The fourth-order valence-corrected chi connectivity index (χ4v) is 1.72. The van der Waals surface area contributed by atoms with Gasteiger partial charge in [0.15, 0.2) is 5.78 Å². The molecule has 2 aromatic rings. The number of ketones is 1. The molecule has 0 unspecified atom stereocenters. The molecule has 0 spiro atoms. The number of anilines is 1. The molecular formula is C15H15NO3. The van der Waals surface area contributed by atoms with Crippen LogP contribution in [0, 0.1) is 0 Å². The molecule has 2 aromatic carbocycles. The van der Waals surface area contributed by atoms with Gasteiger partial charge in [-0.15, -0.1) is 0 Å². The molecule has 3 N–H and O–H groups in total. The summed E-state index contributed by atoms with van der Waals surface area (Å²) in [4.78, 5) is 11.3. The number of carbonyl (C=O) groups excluding carboxylic acids is 1. The topological polar surface area (TPSA) is 72.5 Å². The first-order chi connectivity index (χ1) is 9.10. The molecule has 0 heterocycles. The van der Waals surface area contributed by atoms with E-state index in [9.17, 15) is 4.79 Å². The second-order valence-corrected chi connectivity index (χ2v) is 4.21. The van der Waals surface area contributed by atoms with Gasteiger partial charge in [0, 0.05) is 17.3 Å². The zero-order chi connectivity index (χ0) is 13.8. The number of nitrogen functional groups attached to an aromatic ring is 1. The molecule has 0 aliphatic carbocycles. The number of ether oxygens (including phenoxy) is 1. The number of benzene rings is 2. The summed E-state index contributed by atoms with van der Waals surface area (Å²) in [6.07, 6.45) is 0. The van der Waals surface area contributed by atoms with Crippen molar-refractivity contribution in [3.8, 4) is 11.5 Å². The zero-order valence-corrected chi connectivity index (χ0v) is 10.6. The zero-order valence-electron chi connectivity index (χ0n) is 10.6. The van der Waals surface area contributed by atoms with Crippen molar-refractivity contribution in [2.45, 2.75) is 13.5 Å². The standard InChI is InChI=1S/C15H15NO3/c1-10(18)14-7-6-13(8-15(14)16)19-12-4-2-11(9-17)3-5-12/h2-8,17H,9,16H2,1H3. The Morgan fingerprint density at radius 1 is 1.16 bits per heavy atom. The summed E-state index contributed by atoms with van der Waals surface area (Å²) in [5.74, 6) is 1.14. The first-order valence-electron chi connectivity index (χ1n) is 5.88. The lowest BCUT2D eigenvalue weighted by Crippen LogP contribution is -1.99. The molecule has 0 atom stereocenters. The third kappa shape index (κ3) is 3.11. The highest BCUT2D eigenvalue weighted by atomic mass is 16.5. The molecule has 0 saturated carbocycles. The highest BCUT2D eigenvalue weighted by Gasteiger charge is 2.06. The number of nitrogens with two attached hydrogens (primary N) is 1.